The van der Waals surface area contributed by atoms with Gasteiger partial charge < -0.3 is 10.1 Å². The fourth-order valence-corrected chi connectivity index (χ4v) is 2.40. The van der Waals surface area contributed by atoms with Crippen molar-refractivity contribution in [3.8, 4) is 0 Å². The van der Waals surface area contributed by atoms with E-state index < -0.39 is 0 Å². The first-order valence-electron chi connectivity index (χ1n) is 5.85. The molecule has 0 amide bonds. The summed E-state index contributed by atoms with van der Waals surface area (Å²) in [5.41, 5.74) is 2.35. The van der Waals surface area contributed by atoms with Gasteiger partial charge in [-0.1, -0.05) is 36.4 Å². The summed E-state index contributed by atoms with van der Waals surface area (Å²) in [5.74, 6) is 0. The summed E-state index contributed by atoms with van der Waals surface area (Å²) >= 11 is 2.32. The van der Waals surface area contributed by atoms with Crippen LogP contribution in [-0.4, -0.2) is 13.7 Å². The topological polar surface area (TPSA) is 21.3 Å². The second-order valence-electron chi connectivity index (χ2n) is 4.07. The average Bonchev–Trinajstić information content (AvgIpc) is 2.39. The van der Waals surface area contributed by atoms with E-state index in [9.17, 15) is 0 Å². The molecular formula is C15H16INO. The van der Waals surface area contributed by atoms with Crippen LogP contribution in [-0.2, 0) is 4.74 Å². The highest BCUT2D eigenvalue weighted by Crippen LogP contribution is 2.21. The summed E-state index contributed by atoms with van der Waals surface area (Å²) in [7, 11) is 1.73. The van der Waals surface area contributed by atoms with Crippen LogP contribution < -0.4 is 5.32 Å². The minimum Gasteiger partial charge on any atom is -0.382 e. The predicted octanol–water partition coefficient (Wildman–Crippen LogP) is 4.09. The van der Waals surface area contributed by atoms with Gasteiger partial charge in [-0.3, -0.25) is 0 Å². The number of ether oxygens (including phenoxy) is 1. The molecule has 0 radical (unpaired) electrons. The number of hydrogen-bond donors (Lipinski definition) is 1. The molecule has 3 heteroatoms. The third kappa shape index (κ3) is 3.71. The molecule has 1 atom stereocenters. The Balaban J connectivity index is 2.16. The lowest BCUT2D eigenvalue weighted by Crippen LogP contribution is -2.16. The van der Waals surface area contributed by atoms with Gasteiger partial charge in [-0.25, -0.2) is 0 Å². The van der Waals surface area contributed by atoms with Gasteiger partial charge in [0.05, 0.1) is 12.6 Å². The van der Waals surface area contributed by atoms with Gasteiger partial charge in [0.15, 0.2) is 0 Å². The monoisotopic (exact) mass is 353 g/mol. The highest BCUT2D eigenvalue weighted by Gasteiger charge is 2.10. The van der Waals surface area contributed by atoms with Crippen molar-refractivity contribution < 1.29 is 4.74 Å². The lowest BCUT2D eigenvalue weighted by molar-refractivity contribution is 0.186. The van der Waals surface area contributed by atoms with E-state index in [0.717, 1.165) is 5.69 Å². The van der Waals surface area contributed by atoms with Crippen LogP contribution in [0, 0.1) is 3.57 Å². The van der Waals surface area contributed by atoms with E-state index in [0.29, 0.717) is 6.61 Å². The SMILES string of the molecule is COCC(Nc1cccc(I)c1)c1ccccc1. The maximum atomic E-state index is 5.30. The highest BCUT2D eigenvalue weighted by atomic mass is 127. The van der Waals surface area contributed by atoms with Gasteiger partial charge in [0.2, 0.25) is 0 Å². The lowest BCUT2D eigenvalue weighted by atomic mass is 10.1. The first-order chi connectivity index (χ1) is 8.79. The number of halogens is 1. The van der Waals surface area contributed by atoms with Crippen LogP contribution in [0.4, 0.5) is 5.69 Å². The Morgan fingerprint density at radius 3 is 2.56 bits per heavy atom. The van der Waals surface area contributed by atoms with Gasteiger partial charge >= 0.3 is 0 Å². The lowest BCUT2D eigenvalue weighted by Gasteiger charge is -2.19. The van der Waals surface area contributed by atoms with Crippen molar-refractivity contribution >= 4 is 28.3 Å². The maximum absolute atomic E-state index is 5.30. The van der Waals surface area contributed by atoms with E-state index in [1.807, 2.05) is 6.07 Å². The maximum Gasteiger partial charge on any atom is 0.0747 e. The minimum absolute atomic E-state index is 0.175. The summed E-state index contributed by atoms with van der Waals surface area (Å²) in [6.07, 6.45) is 0. The molecule has 2 rings (SSSR count). The van der Waals surface area contributed by atoms with Crippen molar-refractivity contribution in [1.29, 1.82) is 0 Å². The van der Waals surface area contributed by atoms with Gasteiger partial charge in [-0.2, -0.15) is 0 Å². The molecule has 18 heavy (non-hydrogen) atoms. The van der Waals surface area contributed by atoms with Gasteiger partial charge in [0.1, 0.15) is 0 Å². The molecule has 0 aliphatic rings. The zero-order valence-corrected chi connectivity index (χ0v) is 12.4. The molecule has 2 aromatic carbocycles. The van der Waals surface area contributed by atoms with Crippen LogP contribution in [0.3, 0.4) is 0 Å². The first kappa shape index (κ1) is 13.4. The molecule has 0 saturated heterocycles. The van der Waals surface area contributed by atoms with Crippen LogP contribution in [0.25, 0.3) is 0 Å². The van der Waals surface area contributed by atoms with Crippen molar-refractivity contribution in [2.24, 2.45) is 0 Å². The zero-order chi connectivity index (χ0) is 12.8. The van der Waals surface area contributed by atoms with Crippen molar-refractivity contribution in [1.82, 2.24) is 0 Å². The van der Waals surface area contributed by atoms with Crippen molar-refractivity contribution in [3.05, 3.63) is 63.7 Å². The largest absolute Gasteiger partial charge is 0.382 e. The van der Waals surface area contributed by atoms with E-state index in [4.69, 9.17) is 4.74 Å². The van der Waals surface area contributed by atoms with Gasteiger partial charge in [-0.15, -0.1) is 0 Å². The third-order valence-electron chi connectivity index (χ3n) is 2.70. The second-order valence-corrected chi connectivity index (χ2v) is 5.32. The molecule has 0 aliphatic heterocycles. The van der Waals surface area contributed by atoms with Crippen molar-refractivity contribution in [2.75, 3.05) is 19.0 Å². The molecule has 94 valence electrons. The molecule has 0 heterocycles. The van der Waals surface area contributed by atoms with Gasteiger partial charge in [0, 0.05) is 16.4 Å². The molecule has 0 aliphatic carbocycles. The average molecular weight is 353 g/mol. The Hall–Kier alpha value is -1.07. The Bertz CT molecular complexity index is 487. The zero-order valence-electron chi connectivity index (χ0n) is 10.3. The number of methoxy groups -OCH3 is 1. The molecule has 0 spiro atoms. The molecule has 0 saturated carbocycles. The van der Waals surface area contributed by atoms with Crippen LogP contribution >= 0.6 is 22.6 Å². The molecule has 1 unspecified atom stereocenters. The summed E-state index contributed by atoms with van der Waals surface area (Å²) in [6.45, 7) is 0.648. The minimum atomic E-state index is 0.175. The Morgan fingerprint density at radius 2 is 1.89 bits per heavy atom. The summed E-state index contributed by atoms with van der Waals surface area (Å²) in [4.78, 5) is 0. The van der Waals surface area contributed by atoms with E-state index in [-0.39, 0.29) is 6.04 Å². The number of nitrogens with one attached hydrogen (secondary N) is 1. The molecule has 2 nitrogen and oxygen atoms in total. The summed E-state index contributed by atoms with van der Waals surface area (Å²) < 4.78 is 6.52. The smallest absolute Gasteiger partial charge is 0.0747 e. The van der Waals surface area contributed by atoms with Crippen LogP contribution in [0.5, 0.6) is 0 Å². The van der Waals surface area contributed by atoms with Gasteiger partial charge in [0.25, 0.3) is 0 Å². The van der Waals surface area contributed by atoms with E-state index >= 15 is 0 Å². The summed E-state index contributed by atoms with van der Waals surface area (Å²) in [6, 6.07) is 18.9. The molecular weight excluding hydrogens is 337 g/mol. The van der Waals surface area contributed by atoms with Gasteiger partial charge in [-0.05, 0) is 46.4 Å². The number of hydrogen-bond acceptors (Lipinski definition) is 2. The van der Waals surface area contributed by atoms with Crippen LogP contribution in [0.1, 0.15) is 11.6 Å². The molecule has 1 N–H and O–H groups in total. The fourth-order valence-electron chi connectivity index (χ4n) is 1.85. The molecule has 0 bridgehead atoms. The number of benzene rings is 2. The van der Waals surface area contributed by atoms with E-state index in [1.165, 1.54) is 9.13 Å². The Kier molecular flexibility index (Phi) is 5.01. The van der Waals surface area contributed by atoms with E-state index in [2.05, 4.69) is 76.4 Å². The number of anilines is 1. The van der Waals surface area contributed by atoms with Crippen LogP contribution in [0.2, 0.25) is 0 Å². The van der Waals surface area contributed by atoms with Crippen LogP contribution in [0.15, 0.2) is 54.6 Å². The van der Waals surface area contributed by atoms with E-state index in [1.54, 1.807) is 7.11 Å². The predicted molar refractivity (Wildman–Crippen MR) is 83.8 cm³/mol. The first-order valence-corrected chi connectivity index (χ1v) is 6.93. The summed E-state index contributed by atoms with van der Waals surface area (Å²) in [5, 5.41) is 3.51. The second kappa shape index (κ2) is 6.75. The van der Waals surface area contributed by atoms with Crippen molar-refractivity contribution in [2.45, 2.75) is 6.04 Å². The Morgan fingerprint density at radius 1 is 1.11 bits per heavy atom. The molecule has 0 aromatic heterocycles. The fraction of sp³-hybridized carbons (Fsp3) is 0.200. The standard InChI is InChI=1S/C15H16INO/c1-18-11-15(12-6-3-2-4-7-12)17-14-9-5-8-13(16)10-14/h2-10,15,17H,11H2,1H3. The quantitative estimate of drug-likeness (QED) is 0.818. The molecule has 2 aromatic rings. The normalized spacial score (nSPS) is 12.1. The molecule has 0 fully saturated rings. The highest BCUT2D eigenvalue weighted by molar-refractivity contribution is 14.1. The van der Waals surface area contributed by atoms with Crippen molar-refractivity contribution in [3.63, 3.8) is 0 Å². The Labute approximate surface area is 122 Å². The third-order valence-corrected chi connectivity index (χ3v) is 3.37. The number of rotatable bonds is 5.